The number of hydrogen-bond donors (Lipinski definition) is 4. The third kappa shape index (κ3) is 4.00. The highest BCUT2D eigenvalue weighted by Gasteiger charge is 2.35. The Labute approximate surface area is 104 Å². The van der Waals surface area contributed by atoms with E-state index in [1.807, 2.05) is 0 Å². The van der Waals surface area contributed by atoms with Crippen molar-refractivity contribution in [3.63, 3.8) is 0 Å². The highest BCUT2D eigenvalue weighted by atomic mass is 19.4. The monoisotopic (exact) mass is 282 g/mol. The molecule has 6 nitrogen and oxygen atoms in total. The number of hydrogen-bond acceptors (Lipinski definition) is 5. The smallest absolute Gasteiger partial charge is 0.508 e. The lowest BCUT2D eigenvalue weighted by Crippen LogP contribution is -2.28. The summed E-state index contributed by atoms with van der Waals surface area (Å²) < 4.78 is 39.9. The van der Waals surface area contributed by atoms with Crippen LogP contribution < -0.4 is 4.74 Å². The standard InChI is InChI=1S/C10H9F3O6/c11-10(12,13)19-6-2-1-4(14)3-5(6)7(15)8(16)9(17)18/h1-3,7-8,14-16H,(H,17,18). The number of benzene rings is 1. The first-order valence-electron chi connectivity index (χ1n) is 4.79. The molecule has 1 aromatic rings. The molecular weight excluding hydrogens is 273 g/mol. The predicted octanol–water partition coefficient (Wildman–Crippen LogP) is 0.770. The number of ether oxygens (including phenoxy) is 1. The molecule has 0 heterocycles. The summed E-state index contributed by atoms with van der Waals surface area (Å²) in [4.78, 5) is 10.5. The van der Waals surface area contributed by atoms with Crippen molar-refractivity contribution in [2.24, 2.45) is 0 Å². The van der Waals surface area contributed by atoms with E-state index in [9.17, 15) is 23.1 Å². The molecule has 19 heavy (non-hydrogen) atoms. The van der Waals surface area contributed by atoms with E-state index in [0.717, 1.165) is 6.07 Å². The Hall–Kier alpha value is -2.00. The molecule has 1 rings (SSSR count). The minimum Gasteiger partial charge on any atom is -0.508 e. The van der Waals surface area contributed by atoms with Gasteiger partial charge in [0, 0.05) is 5.56 Å². The molecule has 0 aliphatic heterocycles. The van der Waals surface area contributed by atoms with Crippen molar-refractivity contribution in [2.45, 2.75) is 18.6 Å². The van der Waals surface area contributed by atoms with Gasteiger partial charge in [0.15, 0.2) is 6.10 Å². The number of aromatic hydroxyl groups is 1. The van der Waals surface area contributed by atoms with E-state index in [0.29, 0.717) is 12.1 Å². The summed E-state index contributed by atoms with van der Waals surface area (Å²) in [6.07, 6.45) is -9.63. The molecule has 2 unspecified atom stereocenters. The second-order valence-electron chi connectivity index (χ2n) is 3.50. The van der Waals surface area contributed by atoms with E-state index in [-0.39, 0.29) is 0 Å². The minimum atomic E-state index is -5.07. The van der Waals surface area contributed by atoms with Gasteiger partial charge in [0.1, 0.15) is 17.6 Å². The molecule has 0 aliphatic rings. The van der Waals surface area contributed by atoms with E-state index in [2.05, 4.69) is 4.74 Å². The average Bonchev–Trinajstić information content (AvgIpc) is 2.27. The highest BCUT2D eigenvalue weighted by Crippen LogP contribution is 2.34. The van der Waals surface area contributed by atoms with Crippen LogP contribution in [0.5, 0.6) is 11.5 Å². The minimum absolute atomic E-state index is 0.527. The lowest BCUT2D eigenvalue weighted by atomic mass is 10.0. The van der Waals surface area contributed by atoms with Crippen molar-refractivity contribution >= 4 is 5.97 Å². The van der Waals surface area contributed by atoms with Gasteiger partial charge in [-0.3, -0.25) is 0 Å². The molecule has 0 saturated heterocycles. The zero-order valence-corrected chi connectivity index (χ0v) is 9.13. The van der Waals surface area contributed by atoms with Crippen molar-refractivity contribution < 1.29 is 43.1 Å². The van der Waals surface area contributed by atoms with Gasteiger partial charge in [-0.2, -0.15) is 0 Å². The summed E-state index contributed by atoms with van der Waals surface area (Å²) in [5.74, 6) is -3.28. The van der Waals surface area contributed by atoms with Gasteiger partial charge in [0.05, 0.1) is 0 Å². The Balaban J connectivity index is 3.17. The van der Waals surface area contributed by atoms with Gasteiger partial charge in [0.25, 0.3) is 0 Å². The highest BCUT2D eigenvalue weighted by molar-refractivity contribution is 5.73. The van der Waals surface area contributed by atoms with Crippen LogP contribution in [-0.4, -0.2) is 38.9 Å². The first-order chi connectivity index (χ1) is 8.61. The third-order valence-corrected chi connectivity index (χ3v) is 2.09. The number of aliphatic hydroxyl groups excluding tert-OH is 2. The molecule has 0 spiro atoms. The van der Waals surface area contributed by atoms with Crippen LogP contribution in [0.4, 0.5) is 13.2 Å². The van der Waals surface area contributed by atoms with E-state index < -0.39 is 41.6 Å². The molecule has 0 bridgehead atoms. The topological polar surface area (TPSA) is 107 Å². The van der Waals surface area contributed by atoms with Crippen LogP contribution >= 0.6 is 0 Å². The number of halogens is 3. The molecule has 0 fully saturated rings. The molecule has 4 N–H and O–H groups in total. The fraction of sp³-hybridized carbons (Fsp3) is 0.300. The van der Waals surface area contributed by atoms with Crippen LogP contribution in [0.15, 0.2) is 18.2 Å². The SMILES string of the molecule is O=C(O)C(O)C(O)c1cc(O)ccc1OC(F)(F)F. The first kappa shape index (κ1) is 15.1. The van der Waals surface area contributed by atoms with Gasteiger partial charge < -0.3 is 25.2 Å². The van der Waals surface area contributed by atoms with Gasteiger partial charge in [0.2, 0.25) is 0 Å². The number of alkyl halides is 3. The van der Waals surface area contributed by atoms with Gasteiger partial charge in [-0.15, -0.1) is 13.2 Å². The Morgan fingerprint density at radius 3 is 2.32 bits per heavy atom. The first-order valence-corrected chi connectivity index (χ1v) is 4.79. The van der Waals surface area contributed by atoms with Gasteiger partial charge in [-0.25, -0.2) is 4.79 Å². The summed E-state index contributed by atoms with van der Waals surface area (Å²) in [7, 11) is 0. The molecular formula is C10H9F3O6. The average molecular weight is 282 g/mol. The zero-order valence-electron chi connectivity index (χ0n) is 9.13. The van der Waals surface area contributed by atoms with Crippen LogP contribution in [0.2, 0.25) is 0 Å². The van der Waals surface area contributed by atoms with Gasteiger partial charge in [-0.1, -0.05) is 0 Å². The van der Waals surface area contributed by atoms with Crippen LogP contribution in [-0.2, 0) is 4.79 Å². The molecule has 106 valence electrons. The number of rotatable bonds is 4. The fourth-order valence-corrected chi connectivity index (χ4v) is 1.29. The third-order valence-electron chi connectivity index (χ3n) is 2.09. The maximum Gasteiger partial charge on any atom is 0.573 e. The fourth-order valence-electron chi connectivity index (χ4n) is 1.29. The number of carboxylic acids is 1. The Morgan fingerprint density at radius 1 is 1.26 bits per heavy atom. The summed E-state index contributed by atoms with van der Waals surface area (Å²) in [5, 5.41) is 36.2. The Kier molecular flexibility index (Phi) is 4.22. The lowest BCUT2D eigenvalue weighted by molar-refractivity contribution is -0.275. The number of carbonyl (C=O) groups is 1. The quantitative estimate of drug-likeness (QED) is 0.649. The molecule has 0 saturated carbocycles. The Morgan fingerprint density at radius 2 is 1.84 bits per heavy atom. The van der Waals surface area contributed by atoms with E-state index in [4.69, 9.17) is 15.3 Å². The van der Waals surface area contributed by atoms with Crippen molar-refractivity contribution in [1.82, 2.24) is 0 Å². The molecule has 0 aromatic heterocycles. The number of aliphatic carboxylic acids is 1. The molecule has 9 heteroatoms. The maximum atomic E-state index is 12.1. The van der Waals surface area contributed by atoms with E-state index >= 15 is 0 Å². The summed E-state index contributed by atoms with van der Waals surface area (Å²) in [5.41, 5.74) is -0.702. The van der Waals surface area contributed by atoms with Crippen molar-refractivity contribution in [2.75, 3.05) is 0 Å². The van der Waals surface area contributed by atoms with Crippen molar-refractivity contribution in [1.29, 1.82) is 0 Å². The molecule has 1 aromatic carbocycles. The van der Waals surface area contributed by atoms with Crippen LogP contribution in [0.3, 0.4) is 0 Å². The predicted molar refractivity (Wildman–Crippen MR) is 53.4 cm³/mol. The van der Waals surface area contributed by atoms with Crippen LogP contribution in [0.1, 0.15) is 11.7 Å². The summed E-state index contributed by atoms with van der Waals surface area (Å²) >= 11 is 0. The largest absolute Gasteiger partial charge is 0.573 e. The van der Waals surface area contributed by atoms with Crippen molar-refractivity contribution in [3.8, 4) is 11.5 Å². The lowest BCUT2D eigenvalue weighted by Gasteiger charge is -2.19. The van der Waals surface area contributed by atoms with Crippen LogP contribution in [0, 0.1) is 0 Å². The molecule has 2 atom stereocenters. The number of phenolic OH excluding ortho intramolecular Hbond substituents is 1. The van der Waals surface area contributed by atoms with Gasteiger partial charge in [-0.05, 0) is 18.2 Å². The van der Waals surface area contributed by atoms with E-state index in [1.165, 1.54) is 0 Å². The normalized spacial score (nSPS) is 14.8. The number of aliphatic hydroxyl groups is 2. The zero-order chi connectivity index (χ0) is 14.8. The second-order valence-corrected chi connectivity index (χ2v) is 3.50. The molecule has 0 aliphatic carbocycles. The molecule has 0 radical (unpaired) electrons. The maximum absolute atomic E-state index is 12.1. The molecule has 0 amide bonds. The summed E-state index contributed by atoms with van der Waals surface area (Å²) in [6.45, 7) is 0. The van der Waals surface area contributed by atoms with E-state index in [1.54, 1.807) is 0 Å². The second kappa shape index (κ2) is 5.33. The van der Waals surface area contributed by atoms with Gasteiger partial charge >= 0.3 is 12.3 Å². The Bertz CT molecular complexity index is 473. The number of carboxylic acid groups (broad SMARTS) is 1. The number of phenols is 1. The summed E-state index contributed by atoms with van der Waals surface area (Å²) in [6, 6.07) is 2.21. The van der Waals surface area contributed by atoms with Crippen molar-refractivity contribution in [3.05, 3.63) is 23.8 Å². The van der Waals surface area contributed by atoms with Crippen LogP contribution in [0.25, 0.3) is 0 Å².